The Morgan fingerprint density at radius 1 is 0.647 bits per heavy atom. The van der Waals surface area contributed by atoms with Gasteiger partial charge < -0.3 is 0 Å². The summed E-state index contributed by atoms with van der Waals surface area (Å²) in [6, 6.07) is 19.7. The van der Waals surface area contributed by atoms with Crippen LogP contribution in [0, 0.1) is 0 Å². The van der Waals surface area contributed by atoms with Crippen LogP contribution in [0.2, 0.25) is 11.5 Å². The van der Waals surface area contributed by atoms with E-state index in [1.54, 1.807) is 0 Å². The summed E-state index contributed by atoms with van der Waals surface area (Å²) in [6.07, 6.45) is 0. The predicted molar refractivity (Wildman–Crippen MR) is 71.6 cm³/mol. The van der Waals surface area contributed by atoms with Crippen molar-refractivity contribution < 1.29 is 7.53 Å². The van der Waals surface area contributed by atoms with Crippen molar-refractivity contribution in [1.29, 1.82) is 0 Å². The average molecular weight is 289 g/mol. The van der Waals surface area contributed by atoms with Crippen molar-refractivity contribution in [3.05, 3.63) is 60.7 Å². The summed E-state index contributed by atoms with van der Waals surface area (Å²) in [5.74, 6) is 5.93. The molecule has 0 spiro atoms. The third kappa shape index (κ3) is 3.82. The summed E-state index contributed by atoms with van der Waals surface area (Å²) in [4.78, 5) is 0. The Morgan fingerprint density at radius 2 is 1.00 bits per heavy atom. The molecule has 17 heavy (non-hydrogen) atoms. The van der Waals surface area contributed by atoms with Crippen LogP contribution in [0.4, 0.5) is 0 Å². The standard InChI is InChI=1S/C14H16GeO2/c1-15(2,16-13-9-5-3-6-10-13)17-14-11-7-4-8-12-14/h3-12H,1-2H3. The zero-order valence-corrected chi connectivity index (χ0v) is 12.2. The molecule has 0 amide bonds. The van der Waals surface area contributed by atoms with E-state index in [9.17, 15) is 0 Å². The van der Waals surface area contributed by atoms with E-state index in [1.807, 2.05) is 60.7 Å². The quantitative estimate of drug-likeness (QED) is 0.796. The molecule has 0 bridgehead atoms. The Morgan fingerprint density at radius 3 is 1.35 bits per heavy atom. The van der Waals surface area contributed by atoms with Crippen molar-refractivity contribution in [2.45, 2.75) is 11.5 Å². The summed E-state index contributed by atoms with van der Waals surface area (Å²) in [5, 5.41) is 0. The molecule has 3 heteroatoms. The van der Waals surface area contributed by atoms with Gasteiger partial charge in [0.2, 0.25) is 0 Å². The molecule has 0 N–H and O–H groups in total. The predicted octanol–water partition coefficient (Wildman–Crippen LogP) is 3.85. The first-order valence-electron chi connectivity index (χ1n) is 5.64. The average Bonchev–Trinajstić information content (AvgIpc) is 2.30. The van der Waals surface area contributed by atoms with Crippen LogP contribution in [-0.2, 0) is 0 Å². The van der Waals surface area contributed by atoms with E-state index in [-0.39, 0.29) is 0 Å². The molecule has 0 saturated heterocycles. The molecule has 0 radical (unpaired) electrons. The van der Waals surface area contributed by atoms with Crippen LogP contribution >= 0.6 is 0 Å². The summed E-state index contributed by atoms with van der Waals surface area (Å²) >= 11 is -2.71. The number of hydrogen-bond donors (Lipinski definition) is 0. The molecule has 0 unspecified atom stereocenters. The van der Waals surface area contributed by atoms with Gasteiger partial charge in [0.1, 0.15) is 0 Å². The molecule has 0 aromatic heterocycles. The van der Waals surface area contributed by atoms with E-state index in [2.05, 4.69) is 11.5 Å². The van der Waals surface area contributed by atoms with E-state index >= 15 is 0 Å². The van der Waals surface area contributed by atoms with E-state index in [0.717, 1.165) is 11.5 Å². The Labute approximate surface area is 105 Å². The third-order valence-corrected chi connectivity index (χ3v) is 5.27. The molecule has 2 aromatic rings. The summed E-state index contributed by atoms with van der Waals surface area (Å²) in [7, 11) is 0. The number of para-hydroxylation sites is 2. The van der Waals surface area contributed by atoms with Gasteiger partial charge in [-0.15, -0.1) is 0 Å². The van der Waals surface area contributed by atoms with Crippen molar-refractivity contribution >= 4 is 13.9 Å². The molecule has 0 aliphatic heterocycles. The summed E-state index contributed by atoms with van der Waals surface area (Å²) in [5.41, 5.74) is 0. The van der Waals surface area contributed by atoms with Crippen LogP contribution in [0.15, 0.2) is 60.7 Å². The molecular weight excluding hydrogens is 273 g/mol. The topological polar surface area (TPSA) is 18.5 Å². The van der Waals surface area contributed by atoms with Gasteiger partial charge in [-0.25, -0.2) is 0 Å². The van der Waals surface area contributed by atoms with Crippen molar-refractivity contribution in [3.8, 4) is 11.5 Å². The van der Waals surface area contributed by atoms with Gasteiger partial charge in [-0.1, -0.05) is 0 Å². The van der Waals surface area contributed by atoms with Gasteiger partial charge in [-0.2, -0.15) is 0 Å². The normalized spacial score (nSPS) is 10.9. The fourth-order valence-corrected chi connectivity index (χ4v) is 4.61. The van der Waals surface area contributed by atoms with Crippen LogP contribution in [-0.4, -0.2) is 13.9 Å². The second-order valence-electron chi connectivity index (χ2n) is 4.23. The molecule has 2 aromatic carbocycles. The number of rotatable bonds is 4. The first-order chi connectivity index (χ1) is 8.16. The molecule has 0 aliphatic carbocycles. The van der Waals surface area contributed by atoms with Crippen molar-refractivity contribution in [2.24, 2.45) is 0 Å². The molecule has 0 aliphatic rings. The van der Waals surface area contributed by atoms with Crippen molar-refractivity contribution in [3.63, 3.8) is 0 Å². The van der Waals surface area contributed by atoms with Crippen LogP contribution in [0.5, 0.6) is 11.5 Å². The first kappa shape index (κ1) is 12.1. The Kier molecular flexibility index (Phi) is 3.74. The van der Waals surface area contributed by atoms with Gasteiger partial charge in [0.25, 0.3) is 0 Å². The first-order valence-corrected chi connectivity index (χ1v) is 11.5. The second-order valence-corrected chi connectivity index (χ2v) is 11.0. The Balaban J connectivity index is 2.04. The second kappa shape index (κ2) is 5.28. The summed E-state index contributed by atoms with van der Waals surface area (Å²) in [6.45, 7) is 0. The molecule has 0 atom stereocenters. The van der Waals surface area contributed by atoms with E-state index in [1.165, 1.54) is 0 Å². The van der Waals surface area contributed by atoms with E-state index in [0.29, 0.717) is 0 Å². The molecular formula is C14H16GeO2. The van der Waals surface area contributed by atoms with Gasteiger partial charge in [0, 0.05) is 0 Å². The van der Waals surface area contributed by atoms with Crippen LogP contribution in [0.3, 0.4) is 0 Å². The Bertz CT molecular complexity index is 411. The Hall–Kier alpha value is -1.42. The maximum atomic E-state index is 5.97. The summed E-state index contributed by atoms with van der Waals surface area (Å²) < 4.78 is 11.9. The van der Waals surface area contributed by atoms with Crippen molar-refractivity contribution in [1.82, 2.24) is 0 Å². The van der Waals surface area contributed by atoms with Crippen LogP contribution < -0.4 is 7.53 Å². The van der Waals surface area contributed by atoms with E-state index < -0.39 is 13.9 Å². The minimum absolute atomic E-state index is 0.883. The van der Waals surface area contributed by atoms with Gasteiger partial charge in [-0.05, 0) is 0 Å². The molecule has 2 rings (SSSR count). The maximum absolute atomic E-state index is 5.97. The zero-order valence-electron chi connectivity index (χ0n) is 10.1. The molecule has 2 nitrogen and oxygen atoms in total. The van der Waals surface area contributed by atoms with E-state index in [4.69, 9.17) is 7.53 Å². The number of hydrogen-bond acceptors (Lipinski definition) is 2. The van der Waals surface area contributed by atoms with Gasteiger partial charge in [-0.3, -0.25) is 0 Å². The van der Waals surface area contributed by atoms with Crippen LogP contribution in [0.1, 0.15) is 0 Å². The van der Waals surface area contributed by atoms with Gasteiger partial charge >= 0.3 is 105 Å². The SMILES string of the molecule is [CH3][Ge]([CH3])([O]c1ccccc1)[O]c1ccccc1. The monoisotopic (exact) mass is 290 g/mol. The van der Waals surface area contributed by atoms with Crippen molar-refractivity contribution in [2.75, 3.05) is 0 Å². The molecule has 0 fully saturated rings. The molecule has 0 heterocycles. The molecule has 88 valence electrons. The fraction of sp³-hybridized carbons (Fsp3) is 0.143. The van der Waals surface area contributed by atoms with Gasteiger partial charge in [0.05, 0.1) is 0 Å². The van der Waals surface area contributed by atoms with Gasteiger partial charge in [0.15, 0.2) is 0 Å². The number of benzene rings is 2. The van der Waals surface area contributed by atoms with Crippen LogP contribution in [0.25, 0.3) is 0 Å². The fourth-order valence-electron chi connectivity index (χ4n) is 1.57. The zero-order chi connectivity index (χ0) is 12.1. The minimum atomic E-state index is -2.71. The molecule has 0 saturated carbocycles. The third-order valence-electron chi connectivity index (χ3n) is 2.21.